The number of hydrazine groups is 1. The largest absolute Gasteiger partial charge is 0.394 e. The van der Waals surface area contributed by atoms with Crippen LogP contribution in [0.15, 0.2) is 57.0 Å². The summed E-state index contributed by atoms with van der Waals surface area (Å²) in [6.45, 7) is 8.51. The number of amides is 1. The van der Waals surface area contributed by atoms with Crippen LogP contribution in [0.4, 0.5) is 8.78 Å². The Morgan fingerprint density at radius 3 is 2.84 bits per heavy atom. The normalized spacial score (nSPS) is 26.1. The molecule has 0 aromatic heterocycles. The van der Waals surface area contributed by atoms with Crippen LogP contribution in [0.1, 0.15) is 52.4 Å². The Balaban J connectivity index is 1.55. The summed E-state index contributed by atoms with van der Waals surface area (Å²) in [5.41, 5.74) is 13.8. The van der Waals surface area contributed by atoms with Crippen LogP contribution < -0.4 is 16.6 Å². The van der Waals surface area contributed by atoms with Gasteiger partial charge < -0.3 is 16.1 Å². The highest BCUT2D eigenvalue weighted by molar-refractivity contribution is 14.2. The molecule has 8 heteroatoms. The molecule has 3 unspecified atom stereocenters. The van der Waals surface area contributed by atoms with Crippen molar-refractivity contribution in [3.8, 4) is 0 Å². The number of carbonyl (C=O) groups excluding carboxylic acids is 1. The van der Waals surface area contributed by atoms with E-state index in [1.165, 1.54) is 10.4 Å². The highest BCUT2D eigenvalue weighted by Crippen LogP contribution is 2.41. The molecule has 2 bridgehead atoms. The molecule has 4 N–H and O–H groups in total. The van der Waals surface area contributed by atoms with Gasteiger partial charge in [-0.05, 0) is 63.0 Å². The molecule has 5 nitrogen and oxygen atoms in total. The summed E-state index contributed by atoms with van der Waals surface area (Å²) in [5, 5.41) is 0. The predicted octanol–water partition coefficient (Wildman–Crippen LogP) is 4.77. The van der Waals surface area contributed by atoms with Gasteiger partial charge >= 0.3 is 0 Å². The average molecular weight is 558 g/mol. The summed E-state index contributed by atoms with van der Waals surface area (Å²) in [4.78, 5) is 15.2. The standard InChI is InChI=1S/C24H33F2IN4O/c1-4-18-11-16-6-7-19(12-16)31(18)24(32)22(28)10-15(3)23(5-2)30-29-9-8-21-20(26)13-17(25)14-27-21/h5,10,13-14,16,18-19,29-30H,3-4,6-9,11-12,28H2,1-2H3/b22-10-,23-5+. The van der Waals surface area contributed by atoms with E-state index in [0.717, 1.165) is 37.7 Å². The van der Waals surface area contributed by atoms with Crippen molar-refractivity contribution < 1.29 is 13.6 Å². The number of hydrogen-bond acceptors (Lipinski definition) is 4. The van der Waals surface area contributed by atoms with Gasteiger partial charge in [0.1, 0.15) is 11.7 Å². The van der Waals surface area contributed by atoms with Gasteiger partial charge in [-0.1, -0.05) is 40.3 Å². The molecule has 2 aliphatic heterocycles. The van der Waals surface area contributed by atoms with Gasteiger partial charge in [0, 0.05) is 32.3 Å². The Labute approximate surface area is 199 Å². The monoisotopic (exact) mass is 558 g/mol. The molecule has 0 spiro atoms. The van der Waals surface area contributed by atoms with Crippen LogP contribution in [0, 0.1) is 5.92 Å². The smallest absolute Gasteiger partial charge is 0.270 e. The summed E-state index contributed by atoms with van der Waals surface area (Å²) in [6, 6.07) is 0.554. The van der Waals surface area contributed by atoms with Gasteiger partial charge in [-0.25, -0.2) is 14.2 Å². The SMILES string of the molecule is C=C(/C=C(\N)C(=O)N1C(CC)CC2CCC1C2)/C(=C\C)NNCCC1=C(F)C=C(F)C=I1. The van der Waals surface area contributed by atoms with Crippen molar-refractivity contribution in [2.75, 3.05) is 6.54 Å². The molecule has 0 aromatic carbocycles. The fraction of sp³-hybridized carbons (Fsp3) is 0.500. The zero-order chi connectivity index (χ0) is 23.3. The van der Waals surface area contributed by atoms with Gasteiger partial charge in [-0.15, -0.1) is 0 Å². The second-order valence-corrected chi connectivity index (χ2v) is 11.0. The highest BCUT2D eigenvalue weighted by Gasteiger charge is 2.41. The van der Waals surface area contributed by atoms with Crippen molar-refractivity contribution in [2.24, 2.45) is 11.7 Å². The topological polar surface area (TPSA) is 70.4 Å². The van der Waals surface area contributed by atoms with E-state index in [-0.39, 0.29) is 17.6 Å². The van der Waals surface area contributed by atoms with E-state index in [1.807, 2.05) is 17.9 Å². The molecule has 32 heavy (non-hydrogen) atoms. The minimum atomic E-state index is -0.748. The van der Waals surface area contributed by atoms with E-state index in [2.05, 4.69) is 24.4 Å². The zero-order valence-electron chi connectivity index (χ0n) is 18.8. The minimum absolute atomic E-state index is 0.105. The van der Waals surface area contributed by atoms with Gasteiger partial charge in [0.25, 0.3) is 5.91 Å². The van der Waals surface area contributed by atoms with Gasteiger partial charge in [-0.2, -0.15) is 0 Å². The first-order chi connectivity index (χ1) is 15.3. The number of carbonyl (C=O) groups is 1. The van der Waals surface area contributed by atoms with Crippen molar-refractivity contribution in [1.82, 2.24) is 15.8 Å². The summed E-state index contributed by atoms with van der Waals surface area (Å²) in [7, 11) is 0. The second kappa shape index (κ2) is 11.4. The van der Waals surface area contributed by atoms with Crippen LogP contribution in [-0.4, -0.2) is 33.4 Å². The van der Waals surface area contributed by atoms with Gasteiger partial charge in [0.15, 0.2) is 0 Å². The number of allylic oxidation sites excluding steroid dienone is 5. The lowest BCUT2D eigenvalue weighted by Gasteiger charge is -2.40. The number of nitrogens with two attached hydrogens (primary N) is 1. The molecule has 1 saturated carbocycles. The Kier molecular flexibility index (Phi) is 8.81. The lowest BCUT2D eigenvalue weighted by Crippen LogP contribution is -2.50. The van der Waals surface area contributed by atoms with Crippen LogP contribution in [-0.2, 0) is 4.79 Å². The molecular weight excluding hydrogens is 525 g/mol. The number of hydrogen-bond donors (Lipinski definition) is 3. The van der Waals surface area contributed by atoms with Crippen LogP contribution in [0.25, 0.3) is 0 Å². The molecule has 176 valence electrons. The first-order valence-corrected chi connectivity index (χ1v) is 13.5. The summed E-state index contributed by atoms with van der Waals surface area (Å²) in [6.07, 6.45) is 10.2. The Morgan fingerprint density at radius 2 is 2.16 bits per heavy atom. The minimum Gasteiger partial charge on any atom is -0.394 e. The van der Waals surface area contributed by atoms with Gasteiger partial charge in [0.2, 0.25) is 0 Å². The maximum Gasteiger partial charge on any atom is 0.270 e. The number of piperidine rings is 1. The van der Waals surface area contributed by atoms with Crippen LogP contribution in [0.2, 0.25) is 0 Å². The number of halogens is 3. The number of nitrogens with one attached hydrogen (secondary N) is 2. The van der Waals surface area contributed by atoms with Crippen LogP contribution >= 0.6 is 20.7 Å². The lowest BCUT2D eigenvalue weighted by molar-refractivity contribution is -0.133. The maximum absolute atomic E-state index is 13.8. The van der Waals surface area contributed by atoms with E-state index < -0.39 is 32.4 Å². The number of fused-ring (bicyclic) bond motifs is 2. The van der Waals surface area contributed by atoms with Gasteiger partial charge in [0.05, 0.1) is 11.4 Å². The summed E-state index contributed by atoms with van der Waals surface area (Å²) >= 11 is -0.748. The van der Waals surface area contributed by atoms with E-state index in [0.29, 0.717) is 33.9 Å². The van der Waals surface area contributed by atoms with E-state index in [9.17, 15) is 13.6 Å². The van der Waals surface area contributed by atoms with E-state index in [4.69, 9.17) is 5.73 Å². The summed E-state index contributed by atoms with van der Waals surface area (Å²) < 4.78 is 29.0. The van der Waals surface area contributed by atoms with Crippen molar-refractivity contribution in [1.29, 1.82) is 0 Å². The predicted molar refractivity (Wildman–Crippen MR) is 135 cm³/mol. The molecule has 3 atom stereocenters. The van der Waals surface area contributed by atoms with Crippen molar-refractivity contribution in [2.45, 2.75) is 64.5 Å². The quantitative estimate of drug-likeness (QED) is 0.125. The first-order valence-electron chi connectivity index (χ1n) is 11.2. The third-order valence-electron chi connectivity index (χ3n) is 6.33. The lowest BCUT2D eigenvalue weighted by atomic mass is 9.90. The number of nitrogens with zero attached hydrogens (tertiary/aromatic N) is 1. The summed E-state index contributed by atoms with van der Waals surface area (Å²) in [5.74, 6) is -0.306. The molecule has 3 rings (SSSR count). The molecule has 0 radical (unpaired) electrons. The van der Waals surface area contributed by atoms with E-state index in [1.54, 1.807) is 6.08 Å². The van der Waals surface area contributed by atoms with Crippen LogP contribution in [0.5, 0.6) is 0 Å². The highest BCUT2D eigenvalue weighted by atomic mass is 127. The molecule has 1 aliphatic carbocycles. The van der Waals surface area contributed by atoms with Gasteiger partial charge in [-0.3, -0.25) is 4.79 Å². The Hall–Kier alpha value is -1.81. The average Bonchev–Trinajstić information content (AvgIpc) is 3.15. The van der Waals surface area contributed by atoms with Crippen molar-refractivity contribution in [3.63, 3.8) is 0 Å². The van der Waals surface area contributed by atoms with Crippen molar-refractivity contribution >= 4 is 30.6 Å². The van der Waals surface area contributed by atoms with Crippen LogP contribution in [0.3, 0.4) is 0 Å². The van der Waals surface area contributed by atoms with E-state index >= 15 is 0 Å². The number of likely N-dealkylation sites (tertiary alicyclic amines) is 1. The maximum atomic E-state index is 13.8. The molecule has 2 heterocycles. The molecule has 1 saturated heterocycles. The molecular formula is C24H33F2IN4O. The third-order valence-corrected chi connectivity index (χ3v) is 9.04. The number of rotatable bonds is 9. The zero-order valence-corrected chi connectivity index (χ0v) is 20.9. The molecule has 0 aromatic rings. The molecule has 1 amide bonds. The Morgan fingerprint density at radius 1 is 1.38 bits per heavy atom. The molecule has 3 aliphatic rings. The molecule has 2 fully saturated rings. The second-order valence-electron chi connectivity index (χ2n) is 8.47. The van der Waals surface area contributed by atoms with Crippen molar-refractivity contribution in [3.05, 3.63) is 57.0 Å². The first kappa shape index (κ1) is 24.8. The fourth-order valence-electron chi connectivity index (χ4n) is 4.73. The fourth-order valence-corrected chi connectivity index (χ4v) is 6.61. The Bertz CT molecular complexity index is 906. The third kappa shape index (κ3) is 5.95.